The predicted molar refractivity (Wildman–Crippen MR) is 354 cm³/mol. The van der Waals surface area contributed by atoms with E-state index in [1.165, 1.54) is 159 Å². The highest BCUT2D eigenvalue weighted by Gasteiger charge is 2.45. The Kier molecular flexibility index (Phi) is 10.5. The molecule has 0 amide bonds. The van der Waals surface area contributed by atoms with Gasteiger partial charge in [0.1, 0.15) is 0 Å². The second-order valence-corrected chi connectivity index (χ2v) is 27.9. The molecule has 0 radical (unpaired) electrons. The molecule has 0 saturated carbocycles. The minimum absolute atomic E-state index is 0.104. The summed E-state index contributed by atoms with van der Waals surface area (Å²) >= 11 is 0. The van der Waals surface area contributed by atoms with Crippen molar-refractivity contribution in [2.75, 3.05) is 9.80 Å². The zero-order chi connectivity index (χ0) is 55.8. The van der Waals surface area contributed by atoms with Gasteiger partial charge in [0.25, 0.3) is 6.71 Å². The summed E-state index contributed by atoms with van der Waals surface area (Å²) in [4.78, 5) is 5.37. The van der Waals surface area contributed by atoms with Crippen LogP contribution in [0.1, 0.15) is 105 Å². The van der Waals surface area contributed by atoms with Crippen LogP contribution in [0.5, 0.6) is 0 Å². The van der Waals surface area contributed by atoms with E-state index in [1.807, 2.05) is 0 Å². The maximum absolute atomic E-state index is 2.68. The molecule has 0 fully saturated rings. The van der Waals surface area contributed by atoms with Crippen molar-refractivity contribution in [3.05, 3.63) is 222 Å². The summed E-state index contributed by atoms with van der Waals surface area (Å²) in [5.74, 6) is 0. The van der Waals surface area contributed by atoms with Crippen LogP contribution in [0.2, 0.25) is 0 Å². The molecule has 81 heavy (non-hydrogen) atoms. The highest BCUT2D eigenvalue weighted by molar-refractivity contribution is 7.00. The summed E-state index contributed by atoms with van der Waals surface area (Å²) in [7, 11) is 0. The first-order valence-corrected chi connectivity index (χ1v) is 29.3. The maximum atomic E-state index is 2.68. The Hall–Kier alpha value is -8.40. The minimum Gasteiger partial charge on any atom is -0.311 e. The maximum Gasteiger partial charge on any atom is 0.252 e. The van der Waals surface area contributed by atoms with Gasteiger partial charge in [-0.25, -0.2) is 0 Å². The van der Waals surface area contributed by atoms with Crippen LogP contribution in [0, 0.1) is 0 Å². The van der Waals surface area contributed by atoms with Gasteiger partial charge in [0.05, 0.1) is 0 Å². The lowest BCUT2D eigenvalue weighted by Gasteiger charge is -2.45. The Labute approximate surface area is 478 Å². The summed E-state index contributed by atoms with van der Waals surface area (Å²) < 4.78 is 0. The molecule has 0 atom stereocenters. The van der Waals surface area contributed by atoms with Gasteiger partial charge in [0.15, 0.2) is 0 Å². The van der Waals surface area contributed by atoms with Crippen molar-refractivity contribution in [3.8, 4) is 11.1 Å². The molecule has 2 nitrogen and oxygen atoms in total. The summed E-state index contributed by atoms with van der Waals surface area (Å²) in [5.41, 5.74) is 18.5. The molecule has 0 bridgehead atoms. The van der Waals surface area contributed by atoms with Gasteiger partial charge < -0.3 is 9.80 Å². The molecule has 394 valence electrons. The second kappa shape index (κ2) is 17.1. The second-order valence-electron chi connectivity index (χ2n) is 27.9. The Morgan fingerprint density at radius 3 is 1.04 bits per heavy atom. The SMILES string of the molecule is CC(C)(C)c1cc(N2c3cc4ccc5ccccc5c4cc3B3c4cc5c(ccc6ccccc65)cc4N(c4cc(C(C)(C)C)cc(C(C)(C)C)c4)c4cc(-c5cc6ccc7cccc8ccc(c5)c6c78)cc2c43)cc(C(C)(C)C)c1. The van der Waals surface area contributed by atoms with Crippen LogP contribution >= 0.6 is 0 Å². The average molecular weight is 1050 g/mol. The lowest BCUT2D eigenvalue weighted by atomic mass is 9.33. The molecular weight excluding hydrogens is 976 g/mol. The monoisotopic (exact) mass is 1040 g/mol. The summed E-state index contributed by atoms with van der Waals surface area (Å²) in [5, 5.41) is 17.9. The van der Waals surface area contributed by atoms with Crippen molar-refractivity contribution in [1.29, 1.82) is 0 Å². The van der Waals surface area contributed by atoms with E-state index in [0.29, 0.717) is 0 Å². The smallest absolute Gasteiger partial charge is 0.252 e. The third-order valence-electron chi connectivity index (χ3n) is 18.4. The van der Waals surface area contributed by atoms with Crippen molar-refractivity contribution in [3.63, 3.8) is 0 Å². The van der Waals surface area contributed by atoms with Crippen LogP contribution in [0.3, 0.4) is 0 Å². The van der Waals surface area contributed by atoms with Crippen molar-refractivity contribution < 1.29 is 0 Å². The molecule has 0 aliphatic carbocycles. The molecule has 2 aliphatic rings. The van der Waals surface area contributed by atoms with Gasteiger partial charge in [0, 0.05) is 34.1 Å². The standard InChI is InChI=1S/C78H69BN2/c1-75(2,3)56-38-57(76(4,5)6)41-60(40-56)80-68-34-50-28-24-46-18-13-15-22-62(46)64(50)44-66(68)79-67-45-65-51(29-25-47-19-14-16-23-63(47)65)35-69(67)81(61-42-58(77(7,8)9)39-59(43-61)78(10,11)12)71-37-55(36-70(80)74(71)79)54-32-52-30-26-48-20-17-21-49-27-31-53(33-54)73(52)72(48)49/h13-45H,1-12H3. The topological polar surface area (TPSA) is 6.48 Å². The van der Waals surface area contributed by atoms with Crippen molar-refractivity contribution in [2.24, 2.45) is 0 Å². The van der Waals surface area contributed by atoms with Crippen molar-refractivity contribution in [1.82, 2.24) is 0 Å². The first kappa shape index (κ1) is 49.6. The van der Waals surface area contributed by atoms with Crippen LogP contribution in [0.4, 0.5) is 34.1 Å². The van der Waals surface area contributed by atoms with E-state index in [2.05, 4.69) is 293 Å². The van der Waals surface area contributed by atoms with Gasteiger partial charge in [-0.1, -0.05) is 223 Å². The highest BCUT2D eigenvalue weighted by atomic mass is 15.2. The normalized spacial score (nSPS) is 13.9. The van der Waals surface area contributed by atoms with E-state index >= 15 is 0 Å². The predicted octanol–water partition coefficient (Wildman–Crippen LogP) is 20.1. The fourth-order valence-electron chi connectivity index (χ4n) is 13.9. The quantitative estimate of drug-likeness (QED) is 0.129. The first-order valence-electron chi connectivity index (χ1n) is 29.3. The van der Waals surface area contributed by atoms with Gasteiger partial charge in [-0.15, -0.1) is 0 Å². The molecular formula is C78H69BN2. The van der Waals surface area contributed by atoms with Gasteiger partial charge in [-0.05, 0) is 207 Å². The number of anilines is 6. The third kappa shape index (κ3) is 7.75. The minimum atomic E-state index is -0.112. The Balaban J connectivity index is 1.14. The highest BCUT2D eigenvalue weighted by Crippen LogP contribution is 2.51. The molecule has 13 aromatic carbocycles. The molecule has 0 unspecified atom stereocenters. The summed E-state index contributed by atoms with van der Waals surface area (Å²) in [6.45, 7) is 28.3. The van der Waals surface area contributed by atoms with E-state index in [1.54, 1.807) is 0 Å². The Morgan fingerprint density at radius 2 is 0.617 bits per heavy atom. The molecule has 15 rings (SSSR count). The molecule has 0 saturated heterocycles. The largest absolute Gasteiger partial charge is 0.311 e. The van der Waals surface area contributed by atoms with Crippen molar-refractivity contribution in [2.45, 2.75) is 105 Å². The molecule has 2 aliphatic heterocycles. The molecule has 0 aromatic heterocycles. The van der Waals surface area contributed by atoms with Crippen molar-refractivity contribution >= 4 is 133 Å². The third-order valence-corrected chi connectivity index (χ3v) is 18.4. The van der Waals surface area contributed by atoms with E-state index in [9.17, 15) is 0 Å². The zero-order valence-corrected chi connectivity index (χ0v) is 49.0. The van der Waals surface area contributed by atoms with E-state index in [4.69, 9.17) is 0 Å². The van der Waals surface area contributed by atoms with Crippen LogP contribution in [-0.2, 0) is 21.7 Å². The van der Waals surface area contributed by atoms with E-state index in [-0.39, 0.29) is 28.4 Å². The lowest BCUT2D eigenvalue weighted by Crippen LogP contribution is -2.61. The number of nitrogens with zero attached hydrogens (tertiary/aromatic N) is 2. The molecule has 13 aromatic rings. The van der Waals surface area contributed by atoms with Crippen LogP contribution in [-0.4, -0.2) is 6.71 Å². The average Bonchev–Trinajstić information content (AvgIpc) is 1.90. The number of hydrogen-bond donors (Lipinski definition) is 0. The number of hydrogen-bond acceptors (Lipinski definition) is 2. The van der Waals surface area contributed by atoms with Gasteiger partial charge in [-0.3, -0.25) is 0 Å². The number of rotatable bonds is 3. The van der Waals surface area contributed by atoms with E-state index < -0.39 is 0 Å². The zero-order valence-electron chi connectivity index (χ0n) is 49.0. The first-order chi connectivity index (χ1) is 38.6. The molecule has 2 heterocycles. The van der Waals surface area contributed by atoms with Crippen LogP contribution in [0.15, 0.2) is 200 Å². The number of benzene rings is 13. The van der Waals surface area contributed by atoms with Gasteiger partial charge in [-0.2, -0.15) is 0 Å². The molecule has 0 N–H and O–H groups in total. The van der Waals surface area contributed by atoms with Crippen LogP contribution < -0.4 is 26.2 Å². The molecule has 3 heteroatoms. The fraction of sp³-hybridized carbons (Fsp3) is 0.205. The summed E-state index contributed by atoms with van der Waals surface area (Å²) in [6, 6.07) is 78.6. The lowest BCUT2D eigenvalue weighted by molar-refractivity contribution is 0.568. The van der Waals surface area contributed by atoms with Crippen LogP contribution in [0.25, 0.3) is 86.5 Å². The number of fused-ring (bicyclic) bond motifs is 10. The summed E-state index contributed by atoms with van der Waals surface area (Å²) in [6.07, 6.45) is 0. The van der Waals surface area contributed by atoms with Gasteiger partial charge >= 0.3 is 0 Å². The van der Waals surface area contributed by atoms with E-state index in [0.717, 1.165) is 0 Å². The van der Waals surface area contributed by atoms with Gasteiger partial charge in [0.2, 0.25) is 0 Å². The Morgan fingerprint density at radius 1 is 0.272 bits per heavy atom. The Bertz CT molecular complexity index is 4460. The molecule has 0 spiro atoms. The fourth-order valence-corrected chi connectivity index (χ4v) is 13.9.